The fourth-order valence-electron chi connectivity index (χ4n) is 2.70. The Morgan fingerprint density at radius 3 is 2.80 bits per heavy atom. The Hall–Kier alpha value is -1.72. The van der Waals surface area contributed by atoms with E-state index in [0.29, 0.717) is 13.0 Å². The average Bonchev–Trinajstić information content (AvgIpc) is 2.77. The molecular formula is C15H20N4O. The lowest BCUT2D eigenvalue weighted by Crippen LogP contribution is -2.45. The Morgan fingerprint density at radius 1 is 1.30 bits per heavy atom. The third-order valence-corrected chi connectivity index (χ3v) is 3.84. The minimum atomic E-state index is 0.241. The molecule has 0 bridgehead atoms. The van der Waals surface area contributed by atoms with Gasteiger partial charge in [-0.3, -0.25) is 9.69 Å². The summed E-state index contributed by atoms with van der Waals surface area (Å²) in [5.74, 6) is 1.09. The molecule has 1 fully saturated rings. The molecule has 5 heteroatoms. The Balaban J connectivity index is 1.69. The van der Waals surface area contributed by atoms with Gasteiger partial charge in [0.1, 0.15) is 5.82 Å². The first kappa shape index (κ1) is 13.3. The monoisotopic (exact) mass is 272 g/mol. The van der Waals surface area contributed by atoms with E-state index in [-0.39, 0.29) is 5.78 Å². The second-order valence-corrected chi connectivity index (χ2v) is 5.32. The average molecular weight is 272 g/mol. The number of piperazine rings is 1. The molecule has 106 valence electrons. The number of ketones is 1. The summed E-state index contributed by atoms with van der Waals surface area (Å²) in [4.78, 5) is 19.0. The van der Waals surface area contributed by atoms with Gasteiger partial charge in [-0.05, 0) is 12.1 Å². The molecular weight excluding hydrogens is 252 g/mol. The van der Waals surface area contributed by atoms with Crippen molar-refractivity contribution in [2.24, 2.45) is 7.05 Å². The van der Waals surface area contributed by atoms with Crippen molar-refractivity contribution < 1.29 is 4.79 Å². The van der Waals surface area contributed by atoms with Gasteiger partial charge in [-0.15, -0.1) is 0 Å². The molecule has 0 spiro atoms. The van der Waals surface area contributed by atoms with Crippen LogP contribution < -0.4 is 5.32 Å². The third kappa shape index (κ3) is 2.73. The molecule has 0 atom stereocenters. The van der Waals surface area contributed by atoms with Crippen LogP contribution in [0.3, 0.4) is 0 Å². The summed E-state index contributed by atoms with van der Waals surface area (Å²) in [6.07, 6.45) is 0.412. The van der Waals surface area contributed by atoms with Gasteiger partial charge >= 0.3 is 0 Å². The number of fused-ring (bicyclic) bond motifs is 1. The second-order valence-electron chi connectivity index (χ2n) is 5.32. The molecule has 1 saturated heterocycles. The largest absolute Gasteiger partial charge is 0.331 e. The van der Waals surface area contributed by atoms with Crippen LogP contribution in [0.15, 0.2) is 24.3 Å². The van der Waals surface area contributed by atoms with Gasteiger partial charge in [0.15, 0.2) is 5.78 Å². The zero-order valence-corrected chi connectivity index (χ0v) is 11.8. The van der Waals surface area contributed by atoms with Gasteiger partial charge in [0.25, 0.3) is 0 Å². The van der Waals surface area contributed by atoms with Gasteiger partial charge in [-0.1, -0.05) is 12.1 Å². The van der Waals surface area contributed by atoms with E-state index in [2.05, 4.69) is 15.2 Å². The van der Waals surface area contributed by atoms with Crippen molar-refractivity contribution in [3.63, 3.8) is 0 Å². The summed E-state index contributed by atoms with van der Waals surface area (Å²) in [7, 11) is 1.97. The van der Waals surface area contributed by atoms with Gasteiger partial charge in [-0.2, -0.15) is 0 Å². The normalized spacial score (nSPS) is 16.6. The van der Waals surface area contributed by atoms with Gasteiger partial charge in [0.05, 0.1) is 24.0 Å². The number of hydrogen-bond acceptors (Lipinski definition) is 4. The molecule has 1 aliphatic heterocycles. The first-order valence-corrected chi connectivity index (χ1v) is 7.09. The molecule has 0 aliphatic carbocycles. The van der Waals surface area contributed by atoms with Crippen LogP contribution in [-0.4, -0.2) is 53.0 Å². The number of aryl methyl sites for hydroxylation is 1. The van der Waals surface area contributed by atoms with Crippen molar-refractivity contribution in [2.45, 2.75) is 6.42 Å². The zero-order valence-electron chi connectivity index (χ0n) is 11.8. The van der Waals surface area contributed by atoms with Crippen LogP contribution in [0.2, 0.25) is 0 Å². The molecule has 1 N–H and O–H groups in total. The van der Waals surface area contributed by atoms with Crippen LogP contribution in [0, 0.1) is 0 Å². The van der Waals surface area contributed by atoms with Crippen molar-refractivity contribution in [2.75, 3.05) is 32.7 Å². The number of imidazole rings is 1. The van der Waals surface area contributed by atoms with Crippen molar-refractivity contribution >= 4 is 16.8 Å². The fraction of sp³-hybridized carbons (Fsp3) is 0.467. The number of nitrogens with one attached hydrogen (secondary N) is 1. The number of nitrogens with zero attached hydrogens (tertiary/aromatic N) is 3. The molecule has 2 aromatic rings. The van der Waals surface area contributed by atoms with E-state index < -0.39 is 0 Å². The number of hydrogen-bond donors (Lipinski definition) is 1. The number of carbonyl (C=O) groups is 1. The summed E-state index contributed by atoms with van der Waals surface area (Å²) in [5.41, 5.74) is 2.04. The van der Waals surface area contributed by atoms with Crippen molar-refractivity contribution in [3.05, 3.63) is 30.1 Å². The Morgan fingerprint density at radius 2 is 2.05 bits per heavy atom. The van der Waals surface area contributed by atoms with Crippen molar-refractivity contribution in [1.29, 1.82) is 0 Å². The van der Waals surface area contributed by atoms with Crippen LogP contribution in [-0.2, 0) is 18.3 Å². The molecule has 1 aliphatic rings. The van der Waals surface area contributed by atoms with Crippen molar-refractivity contribution in [1.82, 2.24) is 19.8 Å². The summed E-state index contributed by atoms with van der Waals surface area (Å²) in [6.45, 7) is 4.38. The quantitative estimate of drug-likeness (QED) is 0.885. The first-order chi connectivity index (χ1) is 9.74. The van der Waals surface area contributed by atoms with E-state index >= 15 is 0 Å². The molecule has 1 aromatic heterocycles. The van der Waals surface area contributed by atoms with E-state index in [9.17, 15) is 4.79 Å². The standard InChI is InChI=1S/C15H20N4O/c1-18-14-5-3-2-4-13(14)17-15(18)10-12(20)11-19-8-6-16-7-9-19/h2-5,16H,6-11H2,1H3. The highest BCUT2D eigenvalue weighted by atomic mass is 16.1. The summed E-state index contributed by atoms with van der Waals surface area (Å²) < 4.78 is 2.02. The third-order valence-electron chi connectivity index (χ3n) is 3.84. The number of rotatable bonds is 4. The van der Waals surface area contributed by atoms with Crippen LogP contribution in [0.4, 0.5) is 0 Å². The predicted molar refractivity (Wildman–Crippen MR) is 78.7 cm³/mol. The number of benzene rings is 1. The smallest absolute Gasteiger partial charge is 0.154 e. The van der Waals surface area contributed by atoms with Gasteiger partial charge in [0.2, 0.25) is 0 Å². The van der Waals surface area contributed by atoms with Gasteiger partial charge < -0.3 is 9.88 Å². The Bertz CT molecular complexity index is 613. The maximum Gasteiger partial charge on any atom is 0.154 e. The zero-order chi connectivity index (χ0) is 13.9. The lowest BCUT2D eigenvalue weighted by molar-refractivity contribution is -0.119. The van der Waals surface area contributed by atoms with E-state index in [4.69, 9.17) is 0 Å². The van der Waals surface area contributed by atoms with Crippen LogP contribution >= 0.6 is 0 Å². The topological polar surface area (TPSA) is 50.2 Å². The number of para-hydroxylation sites is 2. The molecule has 1 aromatic carbocycles. The molecule has 0 amide bonds. The minimum Gasteiger partial charge on any atom is -0.331 e. The SMILES string of the molecule is Cn1c(CC(=O)CN2CCNCC2)nc2ccccc21. The Labute approximate surface area is 118 Å². The molecule has 0 saturated carbocycles. The molecule has 2 heterocycles. The maximum atomic E-state index is 12.2. The predicted octanol–water partition coefficient (Wildman–Crippen LogP) is 0.590. The lowest BCUT2D eigenvalue weighted by Gasteiger charge is -2.26. The number of carbonyl (C=O) groups excluding carboxylic acids is 1. The van der Waals surface area contributed by atoms with E-state index in [1.165, 1.54) is 0 Å². The van der Waals surface area contributed by atoms with E-state index in [1.807, 2.05) is 35.9 Å². The maximum absolute atomic E-state index is 12.2. The Kier molecular flexibility index (Phi) is 3.80. The first-order valence-electron chi connectivity index (χ1n) is 7.09. The highest BCUT2D eigenvalue weighted by molar-refractivity contribution is 5.84. The highest BCUT2D eigenvalue weighted by Gasteiger charge is 2.16. The van der Waals surface area contributed by atoms with Crippen LogP contribution in [0.5, 0.6) is 0 Å². The second kappa shape index (κ2) is 5.73. The van der Waals surface area contributed by atoms with Gasteiger partial charge in [0, 0.05) is 33.2 Å². The summed E-state index contributed by atoms with van der Waals surface area (Å²) >= 11 is 0. The summed E-state index contributed by atoms with van der Waals surface area (Å²) in [6, 6.07) is 7.99. The molecule has 0 unspecified atom stereocenters. The van der Waals surface area contributed by atoms with Crippen molar-refractivity contribution in [3.8, 4) is 0 Å². The van der Waals surface area contributed by atoms with Crippen LogP contribution in [0.25, 0.3) is 11.0 Å². The number of aromatic nitrogens is 2. The van der Waals surface area contributed by atoms with Crippen LogP contribution in [0.1, 0.15) is 5.82 Å². The lowest BCUT2D eigenvalue weighted by atomic mass is 10.2. The number of Topliss-reactive ketones (excluding diaryl/α,β-unsaturated/α-hetero) is 1. The minimum absolute atomic E-state index is 0.241. The molecule has 20 heavy (non-hydrogen) atoms. The van der Waals surface area contributed by atoms with Gasteiger partial charge in [-0.25, -0.2) is 4.98 Å². The molecule has 5 nitrogen and oxygen atoms in total. The molecule has 3 rings (SSSR count). The molecule has 0 radical (unpaired) electrons. The van der Waals surface area contributed by atoms with E-state index in [1.54, 1.807) is 0 Å². The highest BCUT2D eigenvalue weighted by Crippen LogP contribution is 2.14. The van der Waals surface area contributed by atoms with E-state index in [0.717, 1.165) is 43.0 Å². The summed E-state index contributed by atoms with van der Waals surface area (Å²) in [5, 5.41) is 3.30. The fourth-order valence-corrected chi connectivity index (χ4v) is 2.70.